The Morgan fingerprint density at radius 1 is 1.10 bits per heavy atom. The molecule has 1 aromatic heterocycles. The second-order valence-electron chi connectivity index (χ2n) is 6.72. The summed E-state index contributed by atoms with van der Waals surface area (Å²) in [4.78, 5) is 24.2. The maximum absolute atomic E-state index is 13.7. The number of nitrogens with two attached hydrogens (primary N) is 2. The number of anilines is 2. The number of nitrogen functional groups attached to an aromatic ring is 2. The number of carbonyl (C=O) groups excluding carboxylic acids is 1. The molecular weight excluding hydrogens is 432 g/mol. The predicted molar refractivity (Wildman–Crippen MR) is 97.4 cm³/mol. The number of nitrogens with zero attached hydrogens (tertiary/aromatic N) is 3. The third kappa shape index (κ3) is 4.54. The van der Waals surface area contributed by atoms with Crippen LogP contribution >= 0.6 is 0 Å². The highest BCUT2D eigenvalue weighted by Crippen LogP contribution is 2.48. The molecule has 7 nitrogen and oxygen atoms in total. The van der Waals surface area contributed by atoms with Crippen molar-refractivity contribution in [3.05, 3.63) is 41.0 Å². The first-order chi connectivity index (χ1) is 14.3. The quantitative estimate of drug-likeness (QED) is 0.549. The van der Waals surface area contributed by atoms with Crippen LogP contribution in [0.25, 0.3) is 0 Å². The van der Waals surface area contributed by atoms with E-state index >= 15 is 0 Å². The van der Waals surface area contributed by atoms with Crippen molar-refractivity contribution >= 4 is 29.3 Å². The zero-order valence-corrected chi connectivity index (χ0v) is 15.8. The molecule has 0 radical (unpaired) electrons. The number of aliphatic imine (C=N–C) groups is 1. The minimum Gasteiger partial charge on any atom is -0.456 e. The van der Waals surface area contributed by atoms with E-state index in [2.05, 4.69) is 19.7 Å². The van der Waals surface area contributed by atoms with Crippen molar-refractivity contribution in [2.75, 3.05) is 18.1 Å². The van der Waals surface area contributed by atoms with E-state index in [0.717, 1.165) is 18.2 Å². The highest BCUT2D eigenvalue weighted by atomic mass is 19.4. The van der Waals surface area contributed by atoms with Gasteiger partial charge >= 0.3 is 18.3 Å². The van der Waals surface area contributed by atoms with Gasteiger partial charge < -0.3 is 16.2 Å². The Balaban J connectivity index is 2.23. The first-order valence-electron chi connectivity index (χ1n) is 8.67. The van der Waals surface area contributed by atoms with Crippen molar-refractivity contribution in [1.29, 1.82) is 0 Å². The number of carbonyl (C=O) groups is 1. The Kier molecular flexibility index (Phi) is 5.54. The summed E-state index contributed by atoms with van der Waals surface area (Å²) in [5, 5.41) is 0. The molecule has 2 unspecified atom stereocenters. The van der Waals surface area contributed by atoms with Gasteiger partial charge in [-0.15, -0.1) is 0 Å². The summed E-state index contributed by atoms with van der Waals surface area (Å²) >= 11 is 0. The molecule has 0 aliphatic carbocycles. The van der Waals surface area contributed by atoms with E-state index in [0.29, 0.717) is 0 Å². The number of hydrogen-bond acceptors (Lipinski definition) is 7. The van der Waals surface area contributed by atoms with Crippen LogP contribution in [0, 0.1) is 5.92 Å². The molecule has 0 spiro atoms. The summed E-state index contributed by atoms with van der Waals surface area (Å²) in [5.41, 5.74) is 9.60. The Morgan fingerprint density at radius 2 is 1.74 bits per heavy atom. The van der Waals surface area contributed by atoms with E-state index in [1.807, 2.05) is 0 Å². The van der Waals surface area contributed by atoms with Gasteiger partial charge in [-0.1, -0.05) is 18.2 Å². The predicted octanol–water partition coefficient (Wildman–Crippen LogP) is 3.62. The van der Waals surface area contributed by atoms with E-state index in [-0.39, 0.29) is 28.9 Å². The van der Waals surface area contributed by atoms with Crippen LogP contribution < -0.4 is 11.5 Å². The number of alkyl halides is 6. The molecule has 13 heteroatoms. The molecule has 0 saturated carbocycles. The zero-order chi connectivity index (χ0) is 23.1. The van der Waals surface area contributed by atoms with E-state index in [1.165, 1.54) is 13.0 Å². The minimum atomic E-state index is -4.83. The largest absolute Gasteiger partial charge is 0.456 e. The number of ether oxygens (including phenoxy) is 1. The Hall–Kier alpha value is -3.38. The molecule has 4 N–H and O–H groups in total. The summed E-state index contributed by atoms with van der Waals surface area (Å²) < 4.78 is 83.1. The standard InChI is InChI=1S/C18H15F6N5O2/c1-7-10(15(30)31-6-17(19,20)21)11(8-4-2-3-5-9(8)18(22,23)24)12-13(25)28-16(26)29-14(12)27-7/h2-5,10-11H,6H2,1H3,(H4,25,26,28,29). The third-order valence-corrected chi connectivity index (χ3v) is 4.58. The number of benzene rings is 1. The van der Waals surface area contributed by atoms with Crippen LogP contribution in [0.1, 0.15) is 29.5 Å². The molecule has 3 rings (SSSR count). The van der Waals surface area contributed by atoms with Crippen molar-refractivity contribution in [2.45, 2.75) is 25.2 Å². The molecule has 1 aliphatic heterocycles. The van der Waals surface area contributed by atoms with Crippen molar-refractivity contribution in [3.8, 4) is 0 Å². The van der Waals surface area contributed by atoms with Gasteiger partial charge in [0.15, 0.2) is 12.4 Å². The monoisotopic (exact) mass is 447 g/mol. The molecular formula is C18H15F6N5O2. The molecule has 2 aromatic rings. The summed E-state index contributed by atoms with van der Waals surface area (Å²) in [7, 11) is 0. The van der Waals surface area contributed by atoms with Gasteiger partial charge in [-0.2, -0.15) is 36.3 Å². The van der Waals surface area contributed by atoms with E-state index in [1.54, 1.807) is 0 Å². The number of fused-ring (bicyclic) bond motifs is 1. The fraction of sp³-hybridized carbons (Fsp3) is 0.333. The average molecular weight is 447 g/mol. The maximum atomic E-state index is 13.7. The molecule has 2 heterocycles. The van der Waals surface area contributed by atoms with Gasteiger partial charge in [0, 0.05) is 17.2 Å². The SMILES string of the molecule is CC1=Nc2nc(N)nc(N)c2C(c2ccccc2C(F)(F)F)C1C(=O)OCC(F)(F)F. The highest BCUT2D eigenvalue weighted by Gasteiger charge is 2.45. The Labute approximate surface area is 171 Å². The van der Waals surface area contributed by atoms with Crippen LogP contribution in [0.4, 0.5) is 43.9 Å². The maximum Gasteiger partial charge on any atom is 0.422 e. The van der Waals surface area contributed by atoms with Gasteiger partial charge in [-0.25, -0.2) is 4.99 Å². The second kappa shape index (κ2) is 7.71. The van der Waals surface area contributed by atoms with Crippen LogP contribution in [0.5, 0.6) is 0 Å². The summed E-state index contributed by atoms with van der Waals surface area (Å²) in [6.07, 6.45) is -9.66. The molecule has 1 aliphatic rings. The Bertz CT molecular complexity index is 1050. The number of rotatable bonds is 3. The molecule has 1 aromatic carbocycles. The smallest absolute Gasteiger partial charge is 0.422 e. The molecule has 0 fully saturated rings. The lowest BCUT2D eigenvalue weighted by molar-refractivity contribution is -0.188. The first-order valence-corrected chi connectivity index (χ1v) is 8.67. The number of esters is 1. The molecule has 0 bridgehead atoms. The minimum absolute atomic E-state index is 0.112. The van der Waals surface area contributed by atoms with Crippen molar-refractivity contribution < 1.29 is 35.9 Å². The lowest BCUT2D eigenvalue weighted by Gasteiger charge is -2.32. The topological polar surface area (TPSA) is 116 Å². The summed E-state index contributed by atoms with van der Waals surface area (Å²) in [6, 6.07) is 4.30. The van der Waals surface area contributed by atoms with E-state index < -0.39 is 47.9 Å². The summed E-state index contributed by atoms with van der Waals surface area (Å²) in [5.74, 6) is -5.39. The van der Waals surface area contributed by atoms with Gasteiger partial charge in [-0.05, 0) is 18.6 Å². The number of aromatic nitrogens is 2. The summed E-state index contributed by atoms with van der Waals surface area (Å²) in [6.45, 7) is -0.649. The van der Waals surface area contributed by atoms with Crippen LogP contribution in [0.15, 0.2) is 29.3 Å². The van der Waals surface area contributed by atoms with Gasteiger partial charge in [-0.3, -0.25) is 4.79 Å². The Morgan fingerprint density at radius 3 is 2.35 bits per heavy atom. The van der Waals surface area contributed by atoms with Crippen LogP contribution in [-0.2, 0) is 15.7 Å². The van der Waals surface area contributed by atoms with Crippen LogP contribution in [0.2, 0.25) is 0 Å². The van der Waals surface area contributed by atoms with Crippen molar-refractivity contribution in [2.24, 2.45) is 10.9 Å². The number of halogens is 6. The molecule has 0 saturated heterocycles. The lowest BCUT2D eigenvalue weighted by atomic mass is 9.75. The van der Waals surface area contributed by atoms with Crippen molar-refractivity contribution in [1.82, 2.24) is 9.97 Å². The molecule has 31 heavy (non-hydrogen) atoms. The second-order valence-corrected chi connectivity index (χ2v) is 6.72. The molecule has 0 amide bonds. The number of hydrogen-bond donors (Lipinski definition) is 2. The molecule has 2 atom stereocenters. The van der Waals surface area contributed by atoms with E-state index in [9.17, 15) is 31.1 Å². The highest BCUT2D eigenvalue weighted by molar-refractivity contribution is 6.05. The lowest BCUT2D eigenvalue weighted by Crippen LogP contribution is -2.36. The van der Waals surface area contributed by atoms with E-state index in [4.69, 9.17) is 11.5 Å². The van der Waals surface area contributed by atoms with Gasteiger partial charge in [0.2, 0.25) is 5.95 Å². The average Bonchev–Trinajstić information content (AvgIpc) is 2.63. The third-order valence-electron chi connectivity index (χ3n) is 4.58. The van der Waals surface area contributed by atoms with Crippen LogP contribution in [-0.4, -0.2) is 34.4 Å². The fourth-order valence-corrected chi connectivity index (χ4v) is 3.43. The van der Waals surface area contributed by atoms with Gasteiger partial charge in [0.1, 0.15) is 11.7 Å². The normalized spacial score (nSPS) is 18.9. The first kappa shape index (κ1) is 22.3. The zero-order valence-electron chi connectivity index (χ0n) is 15.8. The molecule has 166 valence electrons. The van der Waals surface area contributed by atoms with Gasteiger partial charge in [0.25, 0.3) is 0 Å². The fourth-order valence-electron chi connectivity index (χ4n) is 3.43. The van der Waals surface area contributed by atoms with Gasteiger partial charge in [0.05, 0.1) is 5.56 Å². The van der Waals surface area contributed by atoms with Crippen LogP contribution in [0.3, 0.4) is 0 Å². The van der Waals surface area contributed by atoms with Crippen molar-refractivity contribution in [3.63, 3.8) is 0 Å².